The molecule has 0 bridgehead atoms. The van der Waals surface area contributed by atoms with Gasteiger partial charge in [0.2, 0.25) is 4.96 Å². The van der Waals surface area contributed by atoms with Crippen LogP contribution in [0.2, 0.25) is 0 Å². The normalized spacial score (nSPS) is 12.1. The van der Waals surface area contributed by atoms with E-state index in [9.17, 15) is 9.59 Å². The Kier molecular flexibility index (Phi) is 4.82. The minimum atomic E-state index is -0.392. The molecule has 0 spiro atoms. The highest BCUT2D eigenvalue weighted by Crippen LogP contribution is 2.14. The summed E-state index contributed by atoms with van der Waals surface area (Å²) in [5, 5.41) is 4.27. The van der Waals surface area contributed by atoms with Crippen LogP contribution in [0, 0.1) is 0 Å². The van der Waals surface area contributed by atoms with Crippen molar-refractivity contribution in [3.05, 3.63) is 86.4 Å². The third-order valence-corrected chi connectivity index (χ3v) is 4.80. The second-order valence-corrected chi connectivity index (χ2v) is 7.00. The van der Waals surface area contributed by atoms with Gasteiger partial charge in [-0.3, -0.25) is 9.59 Å². The number of fused-ring (bicyclic) bond motifs is 1. The number of thiazole rings is 1. The molecular weight excluding hydrogens is 374 g/mol. The lowest BCUT2D eigenvalue weighted by atomic mass is 10.2. The Morgan fingerprint density at radius 1 is 1.07 bits per heavy atom. The van der Waals surface area contributed by atoms with E-state index in [0.29, 0.717) is 21.1 Å². The fourth-order valence-corrected chi connectivity index (χ4v) is 3.55. The Morgan fingerprint density at radius 3 is 2.61 bits per heavy atom. The second-order valence-electron chi connectivity index (χ2n) is 5.99. The van der Waals surface area contributed by atoms with Crippen LogP contribution in [0.4, 0.5) is 0 Å². The van der Waals surface area contributed by atoms with E-state index in [1.165, 1.54) is 22.8 Å². The van der Waals surface area contributed by atoms with Gasteiger partial charge in [-0.15, -0.1) is 5.10 Å². The average Bonchev–Trinajstić information content (AvgIpc) is 3.20. The maximum atomic E-state index is 12.6. The minimum Gasteiger partial charge on any atom is -0.427 e. The van der Waals surface area contributed by atoms with E-state index in [-0.39, 0.29) is 5.56 Å². The molecule has 0 radical (unpaired) electrons. The van der Waals surface area contributed by atoms with E-state index in [1.807, 2.05) is 42.5 Å². The van der Waals surface area contributed by atoms with Gasteiger partial charge in [-0.05, 0) is 35.4 Å². The van der Waals surface area contributed by atoms with Crippen molar-refractivity contribution in [2.45, 2.75) is 6.92 Å². The van der Waals surface area contributed by atoms with E-state index < -0.39 is 5.97 Å². The lowest BCUT2D eigenvalue weighted by Gasteiger charge is -2.01. The standard InChI is InChI=1S/C21H15N3O3S/c1-14(25)27-17-9-5-8-16(12-17)13-18-20(26)24-21(28-18)22-19(23-24)11-10-15-6-3-2-4-7-15/h2-13H,1H3/b11-10+,18-13-. The first kappa shape index (κ1) is 17.8. The average molecular weight is 389 g/mol. The van der Waals surface area contributed by atoms with Gasteiger partial charge in [0.25, 0.3) is 5.56 Å². The molecule has 2 aromatic carbocycles. The Hall–Kier alpha value is -3.58. The predicted octanol–water partition coefficient (Wildman–Crippen LogP) is 2.79. The summed E-state index contributed by atoms with van der Waals surface area (Å²) in [7, 11) is 0. The summed E-state index contributed by atoms with van der Waals surface area (Å²) in [5.41, 5.74) is 1.55. The Bertz CT molecular complexity index is 1290. The number of carbonyl (C=O) groups excluding carboxylic acids is 1. The highest BCUT2D eigenvalue weighted by molar-refractivity contribution is 7.15. The molecule has 0 saturated carbocycles. The molecule has 7 heteroatoms. The SMILES string of the molecule is CC(=O)Oc1cccc(/C=c2\sc3nc(/C=C/c4ccccc4)nn3c2=O)c1. The van der Waals surface area contributed by atoms with Crippen molar-refractivity contribution in [2.24, 2.45) is 0 Å². The van der Waals surface area contributed by atoms with Crippen LogP contribution in [0.3, 0.4) is 0 Å². The fourth-order valence-electron chi connectivity index (χ4n) is 2.64. The van der Waals surface area contributed by atoms with Crippen molar-refractivity contribution in [3.8, 4) is 5.75 Å². The second kappa shape index (κ2) is 7.58. The Labute approximate surface area is 164 Å². The summed E-state index contributed by atoms with van der Waals surface area (Å²) in [5.74, 6) is 0.522. The molecule has 0 unspecified atom stereocenters. The van der Waals surface area contributed by atoms with E-state index >= 15 is 0 Å². The molecule has 0 amide bonds. The zero-order valence-electron chi connectivity index (χ0n) is 14.9. The first-order valence-electron chi connectivity index (χ1n) is 8.51. The largest absolute Gasteiger partial charge is 0.427 e. The van der Waals surface area contributed by atoms with Crippen molar-refractivity contribution in [1.82, 2.24) is 14.6 Å². The van der Waals surface area contributed by atoms with Crippen LogP contribution < -0.4 is 14.8 Å². The molecule has 0 aliphatic carbocycles. The first-order valence-corrected chi connectivity index (χ1v) is 9.33. The van der Waals surface area contributed by atoms with Crippen LogP contribution in [0.5, 0.6) is 5.75 Å². The number of ether oxygens (including phenoxy) is 1. The molecule has 4 aromatic rings. The highest BCUT2D eigenvalue weighted by Gasteiger charge is 2.09. The minimum absolute atomic E-state index is 0.232. The van der Waals surface area contributed by atoms with Gasteiger partial charge in [0.05, 0.1) is 4.53 Å². The molecule has 0 N–H and O–H groups in total. The zero-order chi connectivity index (χ0) is 19.5. The number of benzene rings is 2. The van der Waals surface area contributed by atoms with E-state index in [4.69, 9.17) is 4.74 Å². The van der Waals surface area contributed by atoms with Crippen molar-refractivity contribution in [1.29, 1.82) is 0 Å². The van der Waals surface area contributed by atoms with Crippen LogP contribution in [0.15, 0.2) is 59.4 Å². The van der Waals surface area contributed by atoms with E-state index in [2.05, 4.69) is 10.1 Å². The van der Waals surface area contributed by atoms with E-state index in [0.717, 1.165) is 11.1 Å². The molecule has 2 aromatic heterocycles. The maximum absolute atomic E-state index is 12.6. The van der Waals surface area contributed by atoms with Crippen LogP contribution in [-0.2, 0) is 4.79 Å². The van der Waals surface area contributed by atoms with Crippen LogP contribution in [-0.4, -0.2) is 20.6 Å². The summed E-state index contributed by atoms with van der Waals surface area (Å²) in [6.07, 6.45) is 5.41. The third kappa shape index (κ3) is 3.89. The number of esters is 1. The maximum Gasteiger partial charge on any atom is 0.308 e. The summed E-state index contributed by atoms with van der Waals surface area (Å²) >= 11 is 1.26. The first-order chi connectivity index (χ1) is 13.6. The van der Waals surface area contributed by atoms with Crippen molar-refractivity contribution in [2.75, 3.05) is 0 Å². The molecule has 6 nitrogen and oxygen atoms in total. The van der Waals surface area contributed by atoms with Gasteiger partial charge < -0.3 is 4.74 Å². The number of nitrogens with zero attached hydrogens (tertiary/aromatic N) is 3. The topological polar surface area (TPSA) is 73.6 Å². The molecule has 4 rings (SSSR count). The number of aromatic nitrogens is 3. The summed E-state index contributed by atoms with van der Waals surface area (Å²) in [6, 6.07) is 16.8. The molecule has 0 fully saturated rings. The van der Waals surface area contributed by atoms with Gasteiger partial charge in [0.1, 0.15) is 5.75 Å². The summed E-state index contributed by atoms with van der Waals surface area (Å²) in [4.78, 5) is 28.6. The van der Waals surface area contributed by atoms with Gasteiger partial charge in [0.15, 0.2) is 5.82 Å². The molecule has 0 saturated heterocycles. The van der Waals surface area contributed by atoms with E-state index in [1.54, 1.807) is 30.4 Å². The molecule has 2 heterocycles. The van der Waals surface area contributed by atoms with Crippen LogP contribution in [0.1, 0.15) is 23.9 Å². The lowest BCUT2D eigenvalue weighted by molar-refractivity contribution is -0.131. The van der Waals surface area contributed by atoms with Gasteiger partial charge in [-0.25, -0.2) is 0 Å². The van der Waals surface area contributed by atoms with Gasteiger partial charge in [-0.2, -0.15) is 9.50 Å². The Balaban J connectivity index is 1.65. The predicted molar refractivity (Wildman–Crippen MR) is 109 cm³/mol. The molecule has 138 valence electrons. The molecule has 0 aliphatic heterocycles. The van der Waals surface area contributed by atoms with Gasteiger partial charge >= 0.3 is 5.97 Å². The summed E-state index contributed by atoms with van der Waals surface area (Å²) in [6.45, 7) is 1.34. The monoisotopic (exact) mass is 389 g/mol. The highest BCUT2D eigenvalue weighted by atomic mass is 32.1. The van der Waals surface area contributed by atoms with Crippen molar-refractivity contribution >= 4 is 40.5 Å². The number of rotatable bonds is 4. The lowest BCUT2D eigenvalue weighted by Crippen LogP contribution is -2.23. The summed E-state index contributed by atoms with van der Waals surface area (Å²) < 4.78 is 6.89. The number of hydrogen-bond acceptors (Lipinski definition) is 6. The quantitative estimate of drug-likeness (QED) is 0.396. The smallest absolute Gasteiger partial charge is 0.308 e. The van der Waals surface area contributed by atoms with Crippen LogP contribution >= 0.6 is 11.3 Å². The van der Waals surface area contributed by atoms with Gasteiger partial charge in [-0.1, -0.05) is 59.9 Å². The van der Waals surface area contributed by atoms with Crippen molar-refractivity contribution < 1.29 is 9.53 Å². The molecule has 28 heavy (non-hydrogen) atoms. The fraction of sp³-hybridized carbons (Fsp3) is 0.0476. The zero-order valence-corrected chi connectivity index (χ0v) is 15.7. The van der Waals surface area contributed by atoms with Crippen LogP contribution in [0.25, 0.3) is 23.2 Å². The number of carbonyl (C=O) groups is 1. The third-order valence-electron chi connectivity index (χ3n) is 3.84. The number of hydrogen-bond donors (Lipinski definition) is 0. The Morgan fingerprint density at radius 2 is 1.86 bits per heavy atom. The van der Waals surface area contributed by atoms with Gasteiger partial charge in [0, 0.05) is 6.92 Å². The molecule has 0 aliphatic rings. The molecular formula is C21H15N3O3S. The van der Waals surface area contributed by atoms with Crippen molar-refractivity contribution in [3.63, 3.8) is 0 Å². The molecule has 0 atom stereocenters.